The number of aliphatic carboxylic acids is 2. The highest BCUT2D eigenvalue weighted by atomic mass is 32.1. The molecule has 0 aliphatic heterocycles. The zero-order valence-corrected chi connectivity index (χ0v) is 20.6. The number of carboxylic acid groups (broad SMARTS) is 2. The monoisotopic (exact) mass is 541 g/mol. The smallest absolute Gasteiger partial charge is 0.327 e. The molecule has 37 heavy (non-hydrogen) atoms. The Labute approximate surface area is 217 Å². The highest BCUT2D eigenvalue weighted by molar-refractivity contribution is 7.80. The third kappa shape index (κ3) is 11.6. The first-order chi connectivity index (χ1) is 17.3. The van der Waals surface area contributed by atoms with Crippen molar-refractivity contribution in [2.45, 2.75) is 56.3 Å². The summed E-state index contributed by atoms with van der Waals surface area (Å²) in [5, 5.41) is 34.3. The number of phenols is 1. The number of hydrogen-bond donors (Lipinski definition) is 9. The normalized spacial score (nSPS) is 13.9. The van der Waals surface area contributed by atoms with Crippen molar-refractivity contribution in [3.05, 3.63) is 29.8 Å². The van der Waals surface area contributed by atoms with Gasteiger partial charge in [-0.3, -0.25) is 24.0 Å². The lowest BCUT2D eigenvalue weighted by atomic mass is 10.0. The van der Waals surface area contributed by atoms with E-state index in [0.29, 0.717) is 5.56 Å². The van der Waals surface area contributed by atoms with E-state index in [9.17, 15) is 33.9 Å². The van der Waals surface area contributed by atoms with Crippen LogP contribution >= 0.6 is 12.6 Å². The van der Waals surface area contributed by atoms with Crippen LogP contribution in [0.25, 0.3) is 0 Å². The fourth-order valence-corrected chi connectivity index (χ4v) is 3.33. The molecule has 0 aliphatic carbocycles. The molecule has 0 aliphatic rings. The number of carbonyl (C=O) groups excluding carboxylic acids is 4. The summed E-state index contributed by atoms with van der Waals surface area (Å²) in [5.74, 6) is -6.33. The molecule has 1 aromatic carbocycles. The molecular weight excluding hydrogens is 510 g/mol. The van der Waals surface area contributed by atoms with E-state index in [0.717, 1.165) is 0 Å². The van der Waals surface area contributed by atoms with Crippen LogP contribution in [0.3, 0.4) is 0 Å². The molecule has 0 bridgehead atoms. The number of rotatable bonds is 16. The molecule has 0 saturated carbocycles. The van der Waals surface area contributed by atoms with Gasteiger partial charge < -0.3 is 42.7 Å². The first-order valence-electron chi connectivity index (χ1n) is 11.1. The minimum Gasteiger partial charge on any atom is -0.508 e. The van der Waals surface area contributed by atoms with Crippen molar-refractivity contribution in [3.63, 3.8) is 0 Å². The summed E-state index contributed by atoms with van der Waals surface area (Å²) >= 11 is 3.84. The van der Waals surface area contributed by atoms with Crippen LogP contribution in [-0.4, -0.2) is 80.8 Å². The van der Waals surface area contributed by atoms with Crippen molar-refractivity contribution in [1.82, 2.24) is 16.0 Å². The minimum atomic E-state index is -1.47. The molecule has 14 nitrogen and oxygen atoms in total. The van der Waals surface area contributed by atoms with Gasteiger partial charge in [0.1, 0.15) is 23.9 Å². The Morgan fingerprint density at radius 2 is 1.30 bits per heavy atom. The van der Waals surface area contributed by atoms with Crippen molar-refractivity contribution < 1.29 is 44.1 Å². The first-order valence-corrected chi connectivity index (χ1v) is 11.8. The molecule has 0 saturated heterocycles. The zero-order valence-electron chi connectivity index (χ0n) is 19.8. The molecule has 0 fully saturated rings. The van der Waals surface area contributed by atoms with Crippen molar-refractivity contribution in [3.8, 4) is 5.75 Å². The maximum atomic E-state index is 13.0. The summed E-state index contributed by atoms with van der Waals surface area (Å²) in [6.45, 7) is 0. The standard InChI is InChI=1S/C22H31N5O9S/c23-13(9-11-1-3-12(28)4-2-11)19(32)25-14(5-7-17(24)29)20(33)26-15(6-8-18(30)31)21(34)27-16(10-37)22(35)36/h1-4,13-16,28,37H,5-10,23H2,(H2,24,29)(H,25,32)(H,26,33)(H,27,34)(H,30,31)(H,35,36). The molecule has 10 N–H and O–H groups in total. The Bertz CT molecular complexity index is 989. The quantitative estimate of drug-likeness (QED) is 0.103. The number of thiol groups is 1. The predicted octanol–water partition coefficient (Wildman–Crippen LogP) is -2.14. The topological polar surface area (TPSA) is 251 Å². The van der Waals surface area contributed by atoms with E-state index in [1.165, 1.54) is 12.1 Å². The Morgan fingerprint density at radius 1 is 0.811 bits per heavy atom. The number of carboxylic acids is 2. The Hall–Kier alpha value is -3.85. The van der Waals surface area contributed by atoms with Crippen molar-refractivity contribution in [2.24, 2.45) is 11.5 Å². The van der Waals surface area contributed by atoms with E-state index in [1.54, 1.807) is 12.1 Å². The van der Waals surface area contributed by atoms with E-state index >= 15 is 0 Å². The van der Waals surface area contributed by atoms with Crippen molar-refractivity contribution in [2.75, 3.05) is 5.75 Å². The Balaban J connectivity index is 3.00. The van der Waals surface area contributed by atoms with Gasteiger partial charge in [-0.2, -0.15) is 12.6 Å². The fraction of sp³-hybridized carbons (Fsp3) is 0.455. The SMILES string of the molecule is NC(=O)CCC(NC(=O)C(N)Cc1ccc(O)cc1)C(=O)NC(CCC(=O)O)C(=O)NC(CS)C(=O)O. The Morgan fingerprint density at radius 3 is 1.76 bits per heavy atom. The second-order valence-corrected chi connectivity index (χ2v) is 8.48. The van der Waals surface area contributed by atoms with E-state index in [2.05, 4.69) is 28.6 Å². The first kappa shape index (κ1) is 31.2. The molecule has 0 aromatic heterocycles. The van der Waals surface area contributed by atoms with Gasteiger partial charge >= 0.3 is 11.9 Å². The molecule has 1 rings (SSSR count). The molecule has 0 radical (unpaired) electrons. The molecule has 4 atom stereocenters. The van der Waals surface area contributed by atoms with Gasteiger partial charge in [0.2, 0.25) is 23.6 Å². The second kappa shape index (κ2) is 15.3. The number of amides is 4. The largest absolute Gasteiger partial charge is 0.508 e. The summed E-state index contributed by atoms with van der Waals surface area (Å²) in [6, 6.07) is 0.577. The van der Waals surface area contributed by atoms with Crippen LogP contribution in [0.5, 0.6) is 5.75 Å². The number of aromatic hydroxyl groups is 1. The third-order valence-electron chi connectivity index (χ3n) is 5.12. The number of nitrogens with two attached hydrogens (primary N) is 2. The molecular formula is C22H31N5O9S. The highest BCUT2D eigenvalue weighted by Gasteiger charge is 2.30. The molecule has 0 heterocycles. The number of primary amides is 1. The number of nitrogens with one attached hydrogen (secondary N) is 3. The van der Waals surface area contributed by atoms with E-state index in [4.69, 9.17) is 21.7 Å². The van der Waals surface area contributed by atoms with Gasteiger partial charge in [-0.15, -0.1) is 0 Å². The molecule has 1 aromatic rings. The van der Waals surface area contributed by atoms with Gasteiger partial charge in [0.15, 0.2) is 0 Å². The summed E-state index contributed by atoms with van der Waals surface area (Å²) in [7, 11) is 0. The minimum absolute atomic E-state index is 0.0236. The van der Waals surface area contributed by atoms with Gasteiger partial charge in [0.05, 0.1) is 6.04 Å². The van der Waals surface area contributed by atoms with Crippen molar-refractivity contribution in [1.29, 1.82) is 0 Å². The van der Waals surface area contributed by atoms with Crippen LogP contribution < -0.4 is 27.4 Å². The number of carbonyl (C=O) groups is 6. The van der Waals surface area contributed by atoms with Crippen LogP contribution in [0.4, 0.5) is 0 Å². The fourth-order valence-electron chi connectivity index (χ4n) is 3.08. The summed E-state index contributed by atoms with van der Waals surface area (Å²) < 4.78 is 0. The lowest BCUT2D eigenvalue weighted by molar-refractivity contribution is -0.142. The van der Waals surface area contributed by atoms with Gasteiger partial charge in [-0.25, -0.2) is 4.79 Å². The van der Waals surface area contributed by atoms with Crippen LogP contribution in [0.2, 0.25) is 0 Å². The number of hydrogen-bond acceptors (Lipinski definition) is 9. The van der Waals surface area contributed by atoms with Crippen LogP contribution in [0, 0.1) is 0 Å². The molecule has 204 valence electrons. The molecule has 4 unspecified atom stereocenters. The van der Waals surface area contributed by atoms with E-state index in [1.807, 2.05) is 0 Å². The van der Waals surface area contributed by atoms with Gasteiger partial charge in [0.25, 0.3) is 0 Å². The molecule has 15 heteroatoms. The lowest BCUT2D eigenvalue weighted by Gasteiger charge is -2.24. The van der Waals surface area contributed by atoms with E-state index in [-0.39, 0.29) is 37.2 Å². The summed E-state index contributed by atoms with van der Waals surface area (Å²) in [4.78, 5) is 71.7. The molecule has 0 spiro atoms. The number of benzene rings is 1. The maximum Gasteiger partial charge on any atom is 0.327 e. The van der Waals surface area contributed by atoms with Crippen LogP contribution in [-0.2, 0) is 35.2 Å². The van der Waals surface area contributed by atoms with Gasteiger partial charge in [-0.05, 0) is 37.0 Å². The van der Waals surface area contributed by atoms with Crippen LogP contribution in [0.1, 0.15) is 31.2 Å². The summed E-state index contributed by atoms with van der Waals surface area (Å²) in [5.41, 5.74) is 11.7. The van der Waals surface area contributed by atoms with Crippen molar-refractivity contribution >= 4 is 48.2 Å². The third-order valence-corrected chi connectivity index (χ3v) is 5.48. The Kier molecular flexibility index (Phi) is 12.9. The second-order valence-electron chi connectivity index (χ2n) is 8.12. The predicted molar refractivity (Wildman–Crippen MR) is 132 cm³/mol. The van der Waals surface area contributed by atoms with Crippen LogP contribution in [0.15, 0.2) is 24.3 Å². The zero-order chi connectivity index (χ0) is 28.1. The maximum absolute atomic E-state index is 13.0. The highest BCUT2D eigenvalue weighted by Crippen LogP contribution is 2.11. The lowest BCUT2D eigenvalue weighted by Crippen LogP contribution is -2.57. The average molecular weight is 542 g/mol. The van der Waals surface area contributed by atoms with Gasteiger partial charge in [0, 0.05) is 18.6 Å². The van der Waals surface area contributed by atoms with E-state index < -0.39 is 66.2 Å². The number of phenolic OH excluding ortho intramolecular Hbond substituents is 1. The van der Waals surface area contributed by atoms with Gasteiger partial charge in [-0.1, -0.05) is 12.1 Å². The molecule has 4 amide bonds. The summed E-state index contributed by atoms with van der Waals surface area (Å²) in [6.07, 6.45) is -1.42. The average Bonchev–Trinajstić information content (AvgIpc) is 2.83.